The zero-order valence-electron chi connectivity index (χ0n) is 7.90. The van der Waals surface area contributed by atoms with Gasteiger partial charge in [-0.1, -0.05) is 11.6 Å². The molecule has 0 aliphatic heterocycles. The topological polar surface area (TPSA) is 199 Å². The van der Waals surface area contributed by atoms with Crippen LogP contribution in [0.4, 0.5) is 0 Å². The van der Waals surface area contributed by atoms with Gasteiger partial charge in [0.2, 0.25) is 0 Å². The van der Waals surface area contributed by atoms with Crippen LogP contribution in [0.5, 0.6) is 0 Å². The van der Waals surface area contributed by atoms with Gasteiger partial charge in [-0.15, -0.1) is 0 Å². The van der Waals surface area contributed by atoms with Crippen LogP contribution in [0.1, 0.15) is 0 Å². The smallest absolute Gasteiger partial charge is 0.563 e. The van der Waals surface area contributed by atoms with Crippen LogP contribution >= 0.6 is 44.6 Å². The van der Waals surface area contributed by atoms with Gasteiger partial charge in [0.05, 0.1) is 0 Å². The van der Waals surface area contributed by atoms with E-state index in [1.165, 1.54) is 0 Å². The molecule has 0 radical (unpaired) electrons. The second-order valence-corrected chi connectivity index (χ2v) is 4.51. The Bertz CT molecular complexity index is 220. The van der Waals surface area contributed by atoms with E-state index in [1.54, 1.807) is 0 Å². The number of alkyl halides is 1. The van der Waals surface area contributed by atoms with Crippen LogP contribution in [0.2, 0.25) is 0 Å². The van der Waals surface area contributed by atoms with Crippen molar-refractivity contribution in [1.82, 2.24) is 0 Å². The molecule has 0 aliphatic carbocycles. The third-order valence-corrected chi connectivity index (χ3v) is 2.40. The third-order valence-electron chi connectivity index (χ3n) is 0.267. The largest absolute Gasteiger partial charge is 4.00 e. The molecule has 0 amide bonds. The van der Waals surface area contributed by atoms with Crippen molar-refractivity contribution in [3.8, 4) is 0 Å². The first-order valence-corrected chi connectivity index (χ1v) is 7.69. The van der Waals surface area contributed by atoms with E-state index in [0.717, 1.165) is 0 Å². The fourth-order valence-corrected chi connectivity index (χ4v) is 0.980. The summed E-state index contributed by atoms with van der Waals surface area (Å²) in [6.45, 7) is 0. The third kappa shape index (κ3) is 53.2. The monoisotopic (exact) mass is 440 g/mol. The van der Waals surface area contributed by atoms with Crippen molar-refractivity contribution in [2.24, 2.45) is 0 Å². The molecule has 1 N–H and O–H groups in total. The Balaban J connectivity index is -0.0000000857. The van der Waals surface area contributed by atoms with Gasteiger partial charge in [-0.05, 0) is 18.3 Å². The minimum absolute atomic E-state index is 0. The summed E-state index contributed by atoms with van der Waals surface area (Å²) in [6, 6.07) is -0.278. The predicted octanol–water partition coefficient (Wildman–Crippen LogP) is -1.75. The van der Waals surface area contributed by atoms with Crippen LogP contribution in [0.15, 0.2) is 0 Å². The molecule has 0 saturated carbocycles. The molecule has 0 spiro atoms. The standard InChI is InChI=1S/CH3ClO.2O5P2.Zr/c2-1-3;2*1-6(2)5-7(3)4;/h3H,1H2;;;/q;;;+4. The maximum atomic E-state index is 9.24. The summed E-state index contributed by atoms with van der Waals surface area (Å²) in [5, 5.41) is 7.33. The van der Waals surface area contributed by atoms with E-state index >= 15 is 0 Å². The molecule has 17 heteroatoms. The van der Waals surface area contributed by atoms with Crippen molar-refractivity contribution >= 4 is 44.6 Å². The SMILES string of the molecule is O=[P+]([O-])O[P+](=O)[O-].O=[P+]([O-])O[P+](=O)[O-].OCCl.[Zr+4]. The van der Waals surface area contributed by atoms with Gasteiger partial charge < -0.3 is 24.7 Å². The van der Waals surface area contributed by atoms with Gasteiger partial charge in [-0.25, -0.2) is 0 Å². The molecular weight excluding hydrogens is 439 g/mol. The van der Waals surface area contributed by atoms with E-state index in [9.17, 15) is 37.8 Å². The molecule has 0 aromatic carbocycles. The van der Waals surface area contributed by atoms with Crippen molar-refractivity contribution in [2.45, 2.75) is 0 Å². The van der Waals surface area contributed by atoms with E-state index in [-0.39, 0.29) is 32.3 Å². The van der Waals surface area contributed by atoms with Gasteiger partial charge in [0.1, 0.15) is 14.7 Å². The predicted molar refractivity (Wildman–Crippen MR) is 45.5 cm³/mol. The number of halogens is 1. The van der Waals surface area contributed by atoms with Crippen molar-refractivity contribution in [2.75, 3.05) is 6.07 Å². The number of hydrogen-bond donors (Lipinski definition) is 1. The normalized spacial score (nSPS) is 11.4. The molecule has 4 atom stereocenters. The maximum Gasteiger partial charge on any atom is 4.00 e. The molecular formula is CH3ClO11P4Zr+4. The minimum Gasteiger partial charge on any atom is -0.563 e. The minimum atomic E-state index is -3.24. The van der Waals surface area contributed by atoms with Crippen LogP contribution < -0.4 is 19.6 Å². The van der Waals surface area contributed by atoms with Crippen LogP contribution in [-0.4, -0.2) is 11.2 Å². The Labute approximate surface area is 128 Å². The van der Waals surface area contributed by atoms with Crippen LogP contribution in [0, 0.1) is 0 Å². The summed E-state index contributed by atoms with van der Waals surface area (Å²) in [6.07, 6.45) is 0. The molecule has 0 saturated heterocycles. The molecule has 0 aromatic rings. The molecule has 0 fully saturated rings. The second kappa shape index (κ2) is 20.6. The van der Waals surface area contributed by atoms with Gasteiger partial charge >= 0.3 is 59.2 Å². The Kier molecular flexibility index (Phi) is 31.6. The molecule has 0 aliphatic rings. The van der Waals surface area contributed by atoms with Crippen molar-refractivity contribution in [3.05, 3.63) is 0 Å². The Morgan fingerprint density at radius 3 is 0.944 bits per heavy atom. The summed E-state index contributed by atoms with van der Waals surface area (Å²) < 4.78 is 43.3. The molecule has 0 rings (SSSR count). The van der Waals surface area contributed by atoms with E-state index < -0.39 is 33.0 Å². The molecule has 100 valence electrons. The number of aliphatic hydroxyl groups is 1. The summed E-state index contributed by atoms with van der Waals surface area (Å²) in [4.78, 5) is 37.0. The van der Waals surface area contributed by atoms with Crippen LogP contribution in [0.3, 0.4) is 0 Å². The van der Waals surface area contributed by atoms with E-state index in [1.807, 2.05) is 0 Å². The maximum absolute atomic E-state index is 9.24. The first kappa shape index (κ1) is 27.6. The van der Waals surface area contributed by atoms with Crippen molar-refractivity contribution in [3.63, 3.8) is 0 Å². The van der Waals surface area contributed by atoms with Crippen LogP contribution in [0.25, 0.3) is 0 Å². The van der Waals surface area contributed by atoms with E-state index in [0.29, 0.717) is 0 Å². The first-order chi connectivity index (χ1) is 7.67. The Hall–Kier alpha value is 1.29. The zero-order valence-corrected chi connectivity index (χ0v) is 14.7. The number of aliphatic hydroxyl groups excluding tert-OH is 1. The summed E-state index contributed by atoms with van der Waals surface area (Å²) in [7, 11) is -12.9. The van der Waals surface area contributed by atoms with Gasteiger partial charge in [-0.2, -0.15) is 0 Å². The van der Waals surface area contributed by atoms with Crippen molar-refractivity contribution in [1.29, 1.82) is 0 Å². The molecule has 0 bridgehead atoms. The fraction of sp³-hybridized carbons (Fsp3) is 1.00. The summed E-state index contributed by atoms with van der Waals surface area (Å²) in [5.74, 6) is 0. The molecule has 11 nitrogen and oxygen atoms in total. The average Bonchev–Trinajstić information content (AvgIpc) is 1.99. The average molecular weight is 442 g/mol. The van der Waals surface area contributed by atoms with Crippen molar-refractivity contribution < 1.29 is 77.8 Å². The first-order valence-electron chi connectivity index (χ1n) is 2.77. The second-order valence-electron chi connectivity index (χ2n) is 1.18. The molecule has 4 unspecified atom stereocenters. The summed E-state index contributed by atoms with van der Waals surface area (Å²) in [5.41, 5.74) is 0. The number of rotatable bonds is 4. The summed E-state index contributed by atoms with van der Waals surface area (Å²) >= 11 is 4.55. The quantitative estimate of drug-likeness (QED) is 0.383. The molecule has 0 heterocycles. The van der Waals surface area contributed by atoms with Gasteiger partial charge in [0.15, 0.2) is 0 Å². The van der Waals surface area contributed by atoms with E-state index in [2.05, 4.69) is 20.2 Å². The fourth-order valence-electron chi connectivity index (χ4n) is 0.109. The van der Waals surface area contributed by atoms with Crippen LogP contribution in [-0.2, 0) is 53.1 Å². The Morgan fingerprint density at radius 2 is 0.944 bits per heavy atom. The Morgan fingerprint density at radius 1 is 0.833 bits per heavy atom. The van der Waals surface area contributed by atoms with Gasteiger partial charge in [0, 0.05) is 0 Å². The zero-order chi connectivity index (χ0) is 14.4. The van der Waals surface area contributed by atoms with Gasteiger partial charge in [-0.3, -0.25) is 0 Å². The van der Waals surface area contributed by atoms with E-state index in [4.69, 9.17) is 5.11 Å². The molecule has 18 heavy (non-hydrogen) atoms. The van der Waals surface area contributed by atoms with Gasteiger partial charge in [0.25, 0.3) is 0 Å². The molecule has 0 aromatic heterocycles. The number of hydrogen-bond acceptors (Lipinski definition) is 11.